The van der Waals surface area contributed by atoms with Gasteiger partial charge in [-0.2, -0.15) is 5.10 Å². The van der Waals surface area contributed by atoms with Gasteiger partial charge in [-0.3, -0.25) is 9.48 Å². The monoisotopic (exact) mass is 300 g/mol. The molecule has 0 fully saturated rings. The molecule has 0 unspecified atom stereocenters. The number of hydrogen-bond donors (Lipinski definition) is 2. The number of nitrogens with one attached hydrogen (secondary N) is 2. The summed E-state index contributed by atoms with van der Waals surface area (Å²) in [5.41, 5.74) is 3.40. The summed E-state index contributed by atoms with van der Waals surface area (Å²) in [6, 6.07) is 9.69. The van der Waals surface area contributed by atoms with Crippen LogP contribution < -0.4 is 10.6 Å². The van der Waals surface area contributed by atoms with Crippen LogP contribution in [0, 0.1) is 0 Å². The number of hydrogen-bond acceptors (Lipinski definition) is 3. The summed E-state index contributed by atoms with van der Waals surface area (Å²) >= 11 is 0. The minimum atomic E-state index is -0.133. The van der Waals surface area contributed by atoms with Crippen molar-refractivity contribution in [2.75, 3.05) is 11.9 Å². The van der Waals surface area contributed by atoms with E-state index in [-0.39, 0.29) is 5.91 Å². The van der Waals surface area contributed by atoms with Crippen LogP contribution in [0.15, 0.2) is 30.3 Å². The van der Waals surface area contributed by atoms with Crippen molar-refractivity contribution in [1.29, 1.82) is 0 Å². The molecule has 1 aromatic carbocycles. The van der Waals surface area contributed by atoms with Crippen LogP contribution >= 0.6 is 0 Å². The summed E-state index contributed by atoms with van der Waals surface area (Å²) in [6.45, 7) is 7.81. The number of nitrogens with zero attached hydrogens (tertiary/aromatic N) is 2. The maximum atomic E-state index is 12.5. The summed E-state index contributed by atoms with van der Waals surface area (Å²) in [5, 5.41) is 10.7. The zero-order chi connectivity index (χ0) is 16.1. The van der Waals surface area contributed by atoms with Crippen LogP contribution in [0.2, 0.25) is 0 Å². The maximum absolute atomic E-state index is 12.5. The van der Waals surface area contributed by atoms with Crippen LogP contribution in [0.4, 0.5) is 5.69 Å². The molecule has 5 heteroatoms. The highest BCUT2D eigenvalue weighted by atomic mass is 16.2. The fraction of sp³-hybridized carbons (Fsp3) is 0.412. The number of benzene rings is 1. The molecular formula is C17H24N4O. The summed E-state index contributed by atoms with van der Waals surface area (Å²) in [5.74, 6) is 0.166. The zero-order valence-corrected chi connectivity index (χ0v) is 13.7. The average Bonchev–Trinajstić information content (AvgIpc) is 2.88. The smallest absolute Gasteiger partial charge is 0.273 e. The topological polar surface area (TPSA) is 58.9 Å². The molecule has 0 saturated heterocycles. The number of aromatic nitrogens is 2. The number of carbonyl (C=O) groups excluding carboxylic acids is 1. The van der Waals surface area contributed by atoms with Crippen molar-refractivity contribution in [3.05, 3.63) is 47.3 Å². The Hall–Kier alpha value is -2.14. The highest BCUT2D eigenvalue weighted by Crippen LogP contribution is 2.18. The van der Waals surface area contributed by atoms with Crippen molar-refractivity contribution < 1.29 is 4.79 Å². The summed E-state index contributed by atoms with van der Waals surface area (Å²) in [4.78, 5) is 12.5. The molecule has 0 spiro atoms. The number of anilines is 1. The molecule has 0 saturated carbocycles. The van der Waals surface area contributed by atoms with Gasteiger partial charge >= 0.3 is 0 Å². The van der Waals surface area contributed by atoms with E-state index in [1.165, 1.54) is 0 Å². The minimum Gasteiger partial charge on any atom is -0.320 e. The molecule has 2 aromatic rings. The predicted molar refractivity (Wildman–Crippen MR) is 89.1 cm³/mol. The Labute approximate surface area is 131 Å². The van der Waals surface area contributed by atoms with E-state index >= 15 is 0 Å². The van der Waals surface area contributed by atoms with E-state index in [1.807, 2.05) is 30.3 Å². The molecule has 0 aliphatic rings. The van der Waals surface area contributed by atoms with Gasteiger partial charge in [0, 0.05) is 19.3 Å². The van der Waals surface area contributed by atoms with E-state index in [4.69, 9.17) is 0 Å². The van der Waals surface area contributed by atoms with Gasteiger partial charge in [0.1, 0.15) is 5.69 Å². The Bertz CT molecular complexity index is 646. The standard InChI is InChI=1S/C17H24N4O/c1-5-18-11-13-8-6-7-9-14(13)19-17(22)16-10-15(12(2)3)20-21(16)4/h6-10,12,18H,5,11H2,1-4H3,(H,19,22). The van der Waals surface area contributed by atoms with E-state index in [2.05, 4.69) is 36.5 Å². The van der Waals surface area contributed by atoms with Crippen LogP contribution in [-0.2, 0) is 13.6 Å². The van der Waals surface area contributed by atoms with E-state index in [9.17, 15) is 4.79 Å². The fourth-order valence-corrected chi connectivity index (χ4v) is 2.23. The quantitative estimate of drug-likeness (QED) is 0.862. The lowest BCUT2D eigenvalue weighted by Gasteiger charge is -2.11. The van der Waals surface area contributed by atoms with Gasteiger partial charge in [0.2, 0.25) is 0 Å². The van der Waals surface area contributed by atoms with Crippen molar-refractivity contribution in [3.8, 4) is 0 Å². The molecule has 0 atom stereocenters. The summed E-state index contributed by atoms with van der Waals surface area (Å²) in [7, 11) is 1.80. The second-order valence-electron chi connectivity index (χ2n) is 5.62. The Morgan fingerprint density at radius 1 is 1.32 bits per heavy atom. The molecule has 1 amide bonds. The fourth-order valence-electron chi connectivity index (χ4n) is 2.23. The molecule has 118 valence electrons. The molecule has 0 bridgehead atoms. The van der Waals surface area contributed by atoms with Gasteiger partial charge in [-0.25, -0.2) is 0 Å². The van der Waals surface area contributed by atoms with Gasteiger partial charge in [0.25, 0.3) is 5.91 Å². The molecule has 1 aromatic heterocycles. The molecular weight excluding hydrogens is 276 g/mol. The minimum absolute atomic E-state index is 0.133. The van der Waals surface area contributed by atoms with Gasteiger partial charge in [0.05, 0.1) is 5.69 Å². The highest BCUT2D eigenvalue weighted by Gasteiger charge is 2.16. The average molecular weight is 300 g/mol. The van der Waals surface area contributed by atoms with Crippen molar-refractivity contribution in [3.63, 3.8) is 0 Å². The SMILES string of the molecule is CCNCc1ccccc1NC(=O)c1cc(C(C)C)nn1C. The number of aryl methyl sites for hydroxylation is 1. The third-order valence-corrected chi connectivity index (χ3v) is 3.55. The molecule has 22 heavy (non-hydrogen) atoms. The first-order chi connectivity index (χ1) is 10.5. The third-order valence-electron chi connectivity index (χ3n) is 3.55. The number of amides is 1. The molecule has 0 aliphatic heterocycles. The van der Waals surface area contributed by atoms with Crippen molar-refractivity contribution in [2.45, 2.75) is 33.2 Å². The largest absolute Gasteiger partial charge is 0.320 e. The highest BCUT2D eigenvalue weighted by molar-refractivity contribution is 6.03. The first-order valence-electron chi connectivity index (χ1n) is 7.66. The molecule has 2 N–H and O–H groups in total. The third kappa shape index (κ3) is 3.74. The lowest BCUT2D eigenvalue weighted by Crippen LogP contribution is -2.19. The second kappa shape index (κ2) is 7.22. The Morgan fingerprint density at radius 3 is 2.68 bits per heavy atom. The van der Waals surface area contributed by atoms with Gasteiger partial charge in [0.15, 0.2) is 0 Å². The lowest BCUT2D eigenvalue weighted by molar-refractivity contribution is 0.101. The molecule has 2 rings (SSSR count). The second-order valence-corrected chi connectivity index (χ2v) is 5.62. The van der Waals surface area contributed by atoms with Gasteiger partial charge in [-0.15, -0.1) is 0 Å². The first kappa shape index (κ1) is 16.2. The van der Waals surface area contributed by atoms with E-state index < -0.39 is 0 Å². The lowest BCUT2D eigenvalue weighted by atomic mass is 10.1. The predicted octanol–water partition coefficient (Wildman–Crippen LogP) is 2.91. The van der Waals surface area contributed by atoms with Gasteiger partial charge in [-0.1, -0.05) is 39.0 Å². The van der Waals surface area contributed by atoms with Crippen LogP contribution in [0.1, 0.15) is 48.4 Å². The molecule has 0 aliphatic carbocycles. The number of rotatable bonds is 6. The van der Waals surface area contributed by atoms with E-state index in [0.717, 1.165) is 30.0 Å². The molecule has 5 nitrogen and oxygen atoms in total. The normalized spacial score (nSPS) is 11.0. The van der Waals surface area contributed by atoms with Crippen molar-refractivity contribution >= 4 is 11.6 Å². The van der Waals surface area contributed by atoms with Crippen molar-refractivity contribution in [2.24, 2.45) is 7.05 Å². The van der Waals surface area contributed by atoms with Crippen LogP contribution in [-0.4, -0.2) is 22.2 Å². The van der Waals surface area contributed by atoms with Gasteiger partial charge in [-0.05, 0) is 30.2 Å². The van der Waals surface area contributed by atoms with Crippen LogP contribution in [0.3, 0.4) is 0 Å². The maximum Gasteiger partial charge on any atom is 0.273 e. The Balaban J connectivity index is 2.18. The summed E-state index contributed by atoms with van der Waals surface area (Å²) in [6.07, 6.45) is 0. The molecule has 0 radical (unpaired) electrons. The first-order valence-corrected chi connectivity index (χ1v) is 7.66. The Kier molecular flexibility index (Phi) is 5.33. The molecule has 1 heterocycles. The van der Waals surface area contributed by atoms with Crippen LogP contribution in [0.25, 0.3) is 0 Å². The Morgan fingerprint density at radius 2 is 2.05 bits per heavy atom. The van der Waals surface area contributed by atoms with Gasteiger partial charge < -0.3 is 10.6 Å². The number of para-hydroxylation sites is 1. The van der Waals surface area contributed by atoms with E-state index in [0.29, 0.717) is 11.6 Å². The van der Waals surface area contributed by atoms with Crippen molar-refractivity contribution in [1.82, 2.24) is 15.1 Å². The number of carbonyl (C=O) groups is 1. The summed E-state index contributed by atoms with van der Waals surface area (Å²) < 4.78 is 1.64. The van der Waals surface area contributed by atoms with Crippen LogP contribution in [0.5, 0.6) is 0 Å². The zero-order valence-electron chi connectivity index (χ0n) is 13.7. The van der Waals surface area contributed by atoms with E-state index in [1.54, 1.807) is 11.7 Å².